The molecule has 0 aliphatic rings. The van der Waals surface area contributed by atoms with Crippen molar-refractivity contribution in [1.82, 2.24) is 5.32 Å². The molecule has 0 heterocycles. The molecule has 2 unspecified atom stereocenters. The summed E-state index contributed by atoms with van der Waals surface area (Å²) in [6.07, 6.45) is 2.45. The Morgan fingerprint density at radius 2 is 1.92 bits per heavy atom. The molecule has 2 atom stereocenters. The molecule has 0 aliphatic carbocycles. The molecule has 1 N–H and O–H groups in total. The van der Waals surface area contributed by atoms with Crippen LogP contribution in [0.25, 0.3) is 0 Å². The monoisotopic (exact) mass is 359 g/mol. The number of hydrogen-bond donors (Lipinski definition) is 1. The highest BCUT2D eigenvalue weighted by atomic mass is 32.2. The molecule has 1 amide bonds. The van der Waals surface area contributed by atoms with Gasteiger partial charge in [-0.1, -0.05) is 42.5 Å². The van der Waals surface area contributed by atoms with Crippen LogP contribution >= 0.6 is 0 Å². The third kappa shape index (κ3) is 6.80. The summed E-state index contributed by atoms with van der Waals surface area (Å²) in [4.78, 5) is 12.2. The first-order valence-corrected chi connectivity index (χ1v) is 10.1. The van der Waals surface area contributed by atoms with Crippen LogP contribution in [0.1, 0.15) is 40.9 Å². The van der Waals surface area contributed by atoms with Crippen LogP contribution in [-0.2, 0) is 21.3 Å². The summed E-state index contributed by atoms with van der Waals surface area (Å²) in [7, 11) is -0.915. The summed E-state index contributed by atoms with van der Waals surface area (Å²) in [6.45, 7) is 3.17. The number of rotatable bonds is 9. The maximum atomic E-state index is 12.2. The zero-order chi connectivity index (χ0) is 18.1. The fourth-order valence-electron chi connectivity index (χ4n) is 2.49. The van der Waals surface area contributed by atoms with E-state index in [4.69, 9.17) is 4.74 Å². The van der Waals surface area contributed by atoms with E-state index < -0.39 is 10.8 Å². The normalized spacial score (nSPS) is 13.2. The van der Waals surface area contributed by atoms with Crippen molar-refractivity contribution in [1.29, 1.82) is 0 Å². The van der Waals surface area contributed by atoms with E-state index in [9.17, 15) is 9.00 Å². The molecule has 134 valence electrons. The van der Waals surface area contributed by atoms with Crippen LogP contribution in [0.15, 0.2) is 54.6 Å². The minimum atomic E-state index is -0.915. The molecule has 4 nitrogen and oxygen atoms in total. The molecule has 0 spiro atoms. The van der Waals surface area contributed by atoms with Crippen LogP contribution in [0.4, 0.5) is 0 Å². The highest BCUT2D eigenvalue weighted by Crippen LogP contribution is 2.15. The maximum absolute atomic E-state index is 12.2. The van der Waals surface area contributed by atoms with Gasteiger partial charge in [-0.2, -0.15) is 0 Å². The van der Waals surface area contributed by atoms with Gasteiger partial charge in [-0.05, 0) is 36.6 Å². The second kappa shape index (κ2) is 10.1. The smallest absolute Gasteiger partial charge is 0.251 e. The van der Waals surface area contributed by atoms with Gasteiger partial charge in [0, 0.05) is 41.5 Å². The summed E-state index contributed by atoms with van der Waals surface area (Å²) in [5.41, 5.74) is 2.66. The van der Waals surface area contributed by atoms with E-state index in [1.54, 1.807) is 18.4 Å². The van der Waals surface area contributed by atoms with Gasteiger partial charge in [-0.3, -0.25) is 9.00 Å². The lowest BCUT2D eigenvalue weighted by atomic mass is 10.1. The van der Waals surface area contributed by atoms with Crippen molar-refractivity contribution in [2.75, 3.05) is 19.4 Å². The standard InChI is InChI=1S/C20H25NO3S/c1-16(18-9-4-3-5-10-18)24-13-7-12-21-20(22)19-11-6-8-17(14-19)15-25(2)23/h3-6,8-11,14,16H,7,12-13,15H2,1-2H3,(H,21,22). The molecule has 2 aromatic rings. The summed E-state index contributed by atoms with van der Waals surface area (Å²) in [5.74, 6) is 0.353. The minimum absolute atomic E-state index is 0.0449. The average molecular weight is 359 g/mol. The highest BCUT2D eigenvalue weighted by molar-refractivity contribution is 7.83. The molecule has 0 aliphatic heterocycles. The van der Waals surface area contributed by atoms with Gasteiger partial charge in [0.2, 0.25) is 0 Å². The third-order valence-electron chi connectivity index (χ3n) is 3.80. The predicted octanol–water partition coefficient (Wildman–Crippen LogP) is 3.46. The second-order valence-electron chi connectivity index (χ2n) is 5.95. The van der Waals surface area contributed by atoms with Crippen molar-refractivity contribution in [2.45, 2.75) is 25.2 Å². The van der Waals surface area contributed by atoms with Gasteiger partial charge in [0.05, 0.1) is 6.10 Å². The van der Waals surface area contributed by atoms with Crippen molar-refractivity contribution in [3.63, 3.8) is 0 Å². The lowest BCUT2D eigenvalue weighted by molar-refractivity contribution is 0.0635. The van der Waals surface area contributed by atoms with Gasteiger partial charge in [0.15, 0.2) is 0 Å². The summed E-state index contributed by atoms with van der Waals surface area (Å²) < 4.78 is 17.1. The number of benzene rings is 2. The Labute approximate surface area is 152 Å². The van der Waals surface area contributed by atoms with E-state index in [0.29, 0.717) is 24.5 Å². The Balaban J connectivity index is 1.71. The average Bonchev–Trinajstić information content (AvgIpc) is 2.61. The molecule has 0 bridgehead atoms. The van der Waals surface area contributed by atoms with Gasteiger partial charge < -0.3 is 10.1 Å². The van der Waals surface area contributed by atoms with E-state index in [-0.39, 0.29) is 12.0 Å². The van der Waals surface area contributed by atoms with Crippen LogP contribution in [0.5, 0.6) is 0 Å². The highest BCUT2D eigenvalue weighted by Gasteiger charge is 2.07. The molecule has 2 aromatic carbocycles. The molecular formula is C20H25NO3S. The second-order valence-corrected chi connectivity index (χ2v) is 7.39. The molecule has 0 aromatic heterocycles. The van der Waals surface area contributed by atoms with Crippen molar-refractivity contribution in [2.24, 2.45) is 0 Å². The predicted molar refractivity (Wildman–Crippen MR) is 102 cm³/mol. The first-order valence-electron chi connectivity index (χ1n) is 8.40. The number of carbonyl (C=O) groups is 1. The molecule has 0 saturated carbocycles. The van der Waals surface area contributed by atoms with E-state index in [2.05, 4.69) is 5.32 Å². The quantitative estimate of drug-likeness (QED) is 0.698. The Morgan fingerprint density at radius 1 is 1.16 bits per heavy atom. The largest absolute Gasteiger partial charge is 0.374 e. The number of hydrogen-bond acceptors (Lipinski definition) is 3. The van der Waals surface area contributed by atoms with Gasteiger partial charge in [-0.15, -0.1) is 0 Å². The topological polar surface area (TPSA) is 55.4 Å². The third-order valence-corrected chi connectivity index (χ3v) is 4.54. The van der Waals surface area contributed by atoms with Crippen LogP contribution in [-0.4, -0.2) is 29.5 Å². The minimum Gasteiger partial charge on any atom is -0.374 e. The van der Waals surface area contributed by atoms with Gasteiger partial charge in [0.1, 0.15) is 0 Å². The Kier molecular flexibility index (Phi) is 7.82. The van der Waals surface area contributed by atoms with Crippen molar-refractivity contribution in [3.8, 4) is 0 Å². The first kappa shape index (κ1) is 19.3. The van der Waals surface area contributed by atoms with Crippen LogP contribution in [0, 0.1) is 0 Å². The number of ether oxygens (including phenoxy) is 1. The lowest BCUT2D eigenvalue weighted by Gasteiger charge is -2.13. The molecule has 5 heteroatoms. The van der Waals surface area contributed by atoms with E-state index in [1.807, 2.05) is 49.4 Å². The summed E-state index contributed by atoms with van der Waals surface area (Å²) in [6, 6.07) is 17.3. The lowest BCUT2D eigenvalue weighted by Crippen LogP contribution is -2.25. The Hall–Kier alpha value is -1.98. The van der Waals surface area contributed by atoms with Crippen molar-refractivity contribution in [3.05, 3.63) is 71.3 Å². The number of amides is 1. The van der Waals surface area contributed by atoms with E-state index in [0.717, 1.165) is 17.5 Å². The molecule has 0 fully saturated rings. The fourth-order valence-corrected chi connectivity index (χ4v) is 3.14. The maximum Gasteiger partial charge on any atom is 0.251 e. The van der Waals surface area contributed by atoms with E-state index in [1.165, 1.54) is 0 Å². The zero-order valence-electron chi connectivity index (χ0n) is 14.7. The Bertz CT molecular complexity index is 703. The van der Waals surface area contributed by atoms with Gasteiger partial charge in [-0.25, -0.2) is 0 Å². The van der Waals surface area contributed by atoms with E-state index >= 15 is 0 Å². The SMILES string of the molecule is CC(OCCCNC(=O)c1cccc(CS(C)=O)c1)c1ccccc1. The van der Waals surface area contributed by atoms with Crippen LogP contribution in [0.3, 0.4) is 0 Å². The molecule has 25 heavy (non-hydrogen) atoms. The van der Waals surface area contributed by atoms with Crippen LogP contribution < -0.4 is 5.32 Å². The number of nitrogens with one attached hydrogen (secondary N) is 1. The Morgan fingerprint density at radius 3 is 2.64 bits per heavy atom. The molecule has 0 saturated heterocycles. The van der Waals surface area contributed by atoms with Crippen molar-refractivity contribution < 1.29 is 13.7 Å². The fraction of sp³-hybridized carbons (Fsp3) is 0.350. The zero-order valence-corrected chi connectivity index (χ0v) is 15.6. The molecule has 2 rings (SSSR count). The van der Waals surface area contributed by atoms with Crippen LogP contribution in [0.2, 0.25) is 0 Å². The first-order chi connectivity index (χ1) is 12.1. The summed E-state index contributed by atoms with van der Waals surface area (Å²) in [5, 5.41) is 2.90. The van der Waals surface area contributed by atoms with Crippen molar-refractivity contribution >= 4 is 16.7 Å². The molecule has 0 radical (unpaired) electrons. The van der Waals surface area contributed by atoms with Gasteiger partial charge in [0.25, 0.3) is 5.91 Å². The molecular weight excluding hydrogens is 334 g/mol. The number of carbonyl (C=O) groups excluding carboxylic acids is 1. The van der Waals surface area contributed by atoms with Gasteiger partial charge >= 0.3 is 0 Å². The summed E-state index contributed by atoms with van der Waals surface area (Å²) >= 11 is 0.